The molecule has 0 atom stereocenters. The van der Waals surface area contributed by atoms with Gasteiger partial charge in [-0.1, -0.05) is 30.0 Å². The first-order chi connectivity index (χ1) is 13.9. The van der Waals surface area contributed by atoms with Gasteiger partial charge in [-0.15, -0.1) is 0 Å². The number of phenols is 1. The zero-order chi connectivity index (χ0) is 21.0. The second-order valence-electron chi connectivity index (χ2n) is 5.98. The number of methoxy groups -OCH3 is 2. The fourth-order valence-electron chi connectivity index (χ4n) is 2.62. The molecule has 1 aliphatic rings. The van der Waals surface area contributed by atoms with Crippen molar-refractivity contribution in [3.05, 3.63) is 52.9 Å². The Balaban J connectivity index is 1.71. The van der Waals surface area contributed by atoms with Gasteiger partial charge >= 0.3 is 0 Å². The fourth-order valence-corrected chi connectivity index (χ4v) is 3.87. The van der Waals surface area contributed by atoms with Gasteiger partial charge in [0.15, 0.2) is 11.5 Å². The molecule has 2 aromatic rings. The van der Waals surface area contributed by atoms with E-state index in [2.05, 4.69) is 5.32 Å². The highest BCUT2D eigenvalue weighted by molar-refractivity contribution is 8.26. The molecule has 2 aromatic carbocycles. The summed E-state index contributed by atoms with van der Waals surface area (Å²) in [6, 6.07) is 11.3. The summed E-state index contributed by atoms with van der Waals surface area (Å²) < 4.78 is 10.8. The Hall–Kier alpha value is -3.04. The van der Waals surface area contributed by atoms with Gasteiger partial charge in [0, 0.05) is 5.69 Å². The van der Waals surface area contributed by atoms with Gasteiger partial charge in [0.05, 0.1) is 19.1 Å². The van der Waals surface area contributed by atoms with Crippen LogP contribution in [0.15, 0.2) is 47.4 Å². The molecule has 0 unspecified atom stereocenters. The van der Waals surface area contributed by atoms with Crippen LogP contribution in [0.1, 0.15) is 5.56 Å². The van der Waals surface area contributed by atoms with Gasteiger partial charge in [0.1, 0.15) is 16.6 Å². The van der Waals surface area contributed by atoms with Crippen molar-refractivity contribution in [3.63, 3.8) is 0 Å². The Kier molecular flexibility index (Phi) is 6.40. The third kappa shape index (κ3) is 4.87. The number of benzene rings is 2. The van der Waals surface area contributed by atoms with Crippen molar-refractivity contribution in [2.24, 2.45) is 0 Å². The molecular formula is C20H18N2O5S2. The number of aromatic hydroxyl groups is 1. The first kappa shape index (κ1) is 20.7. The Morgan fingerprint density at radius 1 is 1.17 bits per heavy atom. The van der Waals surface area contributed by atoms with Crippen molar-refractivity contribution in [1.82, 2.24) is 4.90 Å². The second kappa shape index (κ2) is 8.97. The van der Waals surface area contributed by atoms with E-state index in [1.54, 1.807) is 43.5 Å². The molecule has 0 bridgehead atoms. The van der Waals surface area contributed by atoms with Crippen molar-refractivity contribution in [1.29, 1.82) is 0 Å². The lowest BCUT2D eigenvalue weighted by molar-refractivity contribution is -0.126. The van der Waals surface area contributed by atoms with E-state index in [9.17, 15) is 14.7 Å². The number of carbonyl (C=O) groups is 2. The number of nitrogens with zero attached hydrogens (tertiary/aromatic N) is 1. The molecule has 29 heavy (non-hydrogen) atoms. The maximum absolute atomic E-state index is 12.7. The smallest absolute Gasteiger partial charge is 0.266 e. The molecule has 2 N–H and O–H groups in total. The maximum Gasteiger partial charge on any atom is 0.266 e. The third-order valence-corrected chi connectivity index (χ3v) is 5.41. The number of thiocarbonyl (C=S) groups is 1. The van der Waals surface area contributed by atoms with E-state index in [-0.39, 0.29) is 24.1 Å². The molecule has 7 nitrogen and oxygen atoms in total. The number of phenolic OH excluding ortho intramolecular Hbond substituents is 1. The van der Waals surface area contributed by atoms with E-state index in [4.69, 9.17) is 21.7 Å². The molecule has 1 saturated heterocycles. The molecule has 0 aliphatic carbocycles. The number of amides is 2. The Morgan fingerprint density at radius 3 is 2.52 bits per heavy atom. The summed E-state index contributed by atoms with van der Waals surface area (Å²) in [4.78, 5) is 26.7. The van der Waals surface area contributed by atoms with E-state index in [1.807, 2.05) is 0 Å². The summed E-state index contributed by atoms with van der Waals surface area (Å²) in [7, 11) is 3.08. The van der Waals surface area contributed by atoms with E-state index >= 15 is 0 Å². The lowest BCUT2D eigenvalue weighted by Gasteiger charge is -2.14. The average Bonchev–Trinajstić information content (AvgIpc) is 2.97. The summed E-state index contributed by atoms with van der Waals surface area (Å²) >= 11 is 6.40. The molecule has 2 amide bonds. The zero-order valence-corrected chi connectivity index (χ0v) is 17.3. The number of hydrogen-bond acceptors (Lipinski definition) is 7. The molecule has 0 radical (unpaired) electrons. The van der Waals surface area contributed by atoms with E-state index < -0.39 is 0 Å². The monoisotopic (exact) mass is 430 g/mol. The van der Waals surface area contributed by atoms with Crippen LogP contribution >= 0.6 is 24.0 Å². The molecule has 1 fully saturated rings. The van der Waals surface area contributed by atoms with Crippen LogP contribution in [0.4, 0.5) is 5.69 Å². The van der Waals surface area contributed by atoms with Gasteiger partial charge in [-0.3, -0.25) is 14.5 Å². The van der Waals surface area contributed by atoms with Gasteiger partial charge < -0.3 is 19.9 Å². The SMILES string of the molecule is COc1ccc(C=C2SC(=S)N(CC(=O)Nc3ccc(O)cc3)C2=O)cc1OC. The van der Waals surface area contributed by atoms with Crippen molar-refractivity contribution in [3.8, 4) is 17.2 Å². The summed E-state index contributed by atoms with van der Waals surface area (Å²) in [5.41, 5.74) is 1.26. The minimum absolute atomic E-state index is 0.0974. The Bertz CT molecular complexity index is 989. The zero-order valence-electron chi connectivity index (χ0n) is 15.7. The highest BCUT2D eigenvalue weighted by atomic mass is 32.2. The lowest BCUT2D eigenvalue weighted by Crippen LogP contribution is -2.36. The maximum atomic E-state index is 12.7. The minimum Gasteiger partial charge on any atom is -0.508 e. The molecule has 0 saturated carbocycles. The van der Waals surface area contributed by atoms with Crippen molar-refractivity contribution >= 4 is 51.9 Å². The molecular weight excluding hydrogens is 412 g/mol. The number of hydrogen-bond donors (Lipinski definition) is 2. The van der Waals surface area contributed by atoms with Crippen LogP contribution in [0.3, 0.4) is 0 Å². The molecule has 3 rings (SSSR count). The largest absolute Gasteiger partial charge is 0.508 e. The van der Waals surface area contributed by atoms with E-state index in [0.29, 0.717) is 26.4 Å². The lowest BCUT2D eigenvalue weighted by atomic mass is 10.2. The van der Waals surface area contributed by atoms with E-state index in [0.717, 1.165) is 17.3 Å². The van der Waals surface area contributed by atoms with Crippen LogP contribution in [0, 0.1) is 0 Å². The Morgan fingerprint density at radius 2 is 1.86 bits per heavy atom. The van der Waals surface area contributed by atoms with Crippen molar-refractivity contribution in [2.45, 2.75) is 0 Å². The molecule has 150 valence electrons. The topological polar surface area (TPSA) is 88.1 Å². The van der Waals surface area contributed by atoms with Crippen LogP contribution in [-0.2, 0) is 9.59 Å². The van der Waals surface area contributed by atoms with Gasteiger partial charge in [-0.25, -0.2) is 0 Å². The van der Waals surface area contributed by atoms with Crippen molar-refractivity contribution < 1.29 is 24.2 Å². The highest BCUT2D eigenvalue weighted by Gasteiger charge is 2.33. The number of ether oxygens (including phenoxy) is 2. The van der Waals surface area contributed by atoms with Gasteiger partial charge in [-0.2, -0.15) is 0 Å². The number of thioether (sulfide) groups is 1. The molecule has 9 heteroatoms. The molecule has 0 aromatic heterocycles. The highest BCUT2D eigenvalue weighted by Crippen LogP contribution is 2.34. The van der Waals surface area contributed by atoms with Gasteiger partial charge in [0.2, 0.25) is 5.91 Å². The predicted molar refractivity (Wildman–Crippen MR) is 116 cm³/mol. The predicted octanol–water partition coefficient (Wildman–Crippen LogP) is 3.25. The van der Waals surface area contributed by atoms with E-state index in [1.165, 1.54) is 24.1 Å². The second-order valence-corrected chi connectivity index (χ2v) is 7.65. The molecule has 1 heterocycles. The number of anilines is 1. The van der Waals surface area contributed by atoms with Crippen LogP contribution in [-0.4, -0.2) is 46.9 Å². The normalized spacial score (nSPS) is 15.0. The number of carbonyl (C=O) groups excluding carboxylic acids is 2. The Labute approximate surface area is 177 Å². The third-order valence-electron chi connectivity index (χ3n) is 4.03. The summed E-state index contributed by atoms with van der Waals surface area (Å²) in [6.07, 6.45) is 1.69. The average molecular weight is 431 g/mol. The van der Waals surface area contributed by atoms with Gasteiger partial charge in [-0.05, 0) is 48.0 Å². The summed E-state index contributed by atoms with van der Waals surface area (Å²) in [5, 5.41) is 12.0. The first-order valence-corrected chi connectivity index (χ1v) is 9.70. The molecule has 1 aliphatic heterocycles. The number of rotatable bonds is 6. The fraction of sp³-hybridized carbons (Fsp3) is 0.150. The standard InChI is InChI=1S/C20H18N2O5S2/c1-26-15-8-3-12(9-16(15)27-2)10-17-19(25)22(20(28)29-17)11-18(24)21-13-4-6-14(23)7-5-13/h3-10,23H,11H2,1-2H3,(H,21,24). The van der Waals surface area contributed by atoms with Crippen LogP contribution in [0.25, 0.3) is 6.08 Å². The minimum atomic E-state index is -0.389. The van der Waals surface area contributed by atoms with Crippen molar-refractivity contribution in [2.75, 3.05) is 26.1 Å². The molecule has 0 spiro atoms. The summed E-state index contributed by atoms with van der Waals surface area (Å²) in [6.45, 7) is -0.200. The van der Waals surface area contributed by atoms with Crippen LogP contribution in [0.5, 0.6) is 17.2 Å². The van der Waals surface area contributed by atoms with Crippen LogP contribution in [0.2, 0.25) is 0 Å². The van der Waals surface area contributed by atoms with Crippen LogP contribution < -0.4 is 14.8 Å². The number of nitrogens with one attached hydrogen (secondary N) is 1. The summed E-state index contributed by atoms with van der Waals surface area (Å²) in [5.74, 6) is 0.503. The van der Waals surface area contributed by atoms with Gasteiger partial charge in [0.25, 0.3) is 5.91 Å². The first-order valence-electron chi connectivity index (χ1n) is 8.47. The quantitative estimate of drug-likeness (QED) is 0.413.